The van der Waals surface area contributed by atoms with Gasteiger partial charge >= 0.3 is 0 Å². The van der Waals surface area contributed by atoms with Crippen LogP contribution in [0.5, 0.6) is 5.75 Å². The van der Waals surface area contributed by atoms with Crippen LogP contribution in [-0.2, 0) is 11.2 Å². The number of Topliss-reactive ketones (excluding diaryl/α,β-unsaturated/α-hetero) is 1. The average molecular weight is 301 g/mol. The first-order valence-corrected chi connectivity index (χ1v) is 7.93. The van der Waals surface area contributed by atoms with Crippen LogP contribution >= 0.6 is 0 Å². The summed E-state index contributed by atoms with van der Waals surface area (Å²) in [6.45, 7) is 2.97. The Morgan fingerprint density at radius 1 is 1.32 bits per heavy atom. The topological polar surface area (TPSA) is 49.8 Å². The highest BCUT2D eigenvalue weighted by Gasteiger charge is 2.32. The Morgan fingerprint density at radius 3 is 2.77 bits per heavy atom. The third-order valence-electron chi connectivity index (χ3n) is 4.90. The smallest absolute Gasteiger partial charge is 0.160 e. The van der Waals surface area contributed by atoms with Gasteiger partial charge in [-0.3, -0.25) is 4.79 Å². The monoisotopic (exact) mass is 301 g/mol. The summed E-state index contributed by atoms with van der Waals surface area (Å²) in [5, 5.41) is 9.49. The summed E-state index contributed by atoms with van der Waals surface area (Å²) >= 11 is 0. The van der Waals surface area contributed by atoms with Crippen molar-refractivity contribution < 1.29 is 14.6 Å². The molecule has 1 aliphatic heterocycles. The van der Waals surface area contributed by atoms with E-state index in [2.05, 4.69) is 17.0 Å². The minimum atomic E-state index is 0.146. The maximum Gasteiger partial charge on any atom is 0.160 e. The number of ketones is 1. The number of aliphatic hydroxyl groups is 1. The zero-order chi connectivity index (χ0) is 15.7. The van der Waals surface area contributed by atoms with E-state index in [0.717, 1.165) is 30.7 Å². The number of carbonyl (C=O) groups is 1. The molecule has 0 amide bonds. The number of rotatable bonds is 4. The van der Waals surface area contributed by atoms with Gasteiger partial charge in [0.2, 0.25) is 0 Å². The molecule has 4 heteroatoms. The van der Waals surface area contributed by atoms with Gasteiger partial charge in [0.25, 0.3) is 0 Å². The highest BCUT2D eigenvalue weighted by atomic mass is 16.5. The predicted molar refractivity (Wildman–Crippen MR) is 84.8 cm³/mol. The lowest BCUT2D eigenvalue weighted by atomic mass is 9.89. The van der Waals surface area contributed by atoms with E-state index in [4.69, 9.17) is 4.74 Å². The second-order valence-corrected chi connectivity index (χ2v) is 6.03. The summed E-state index contributed by atoms with van der Waals surface area (Å²) in [6.07, 6.45) is 3.08. The van der Waals surface area contributed by atoms with Crippen molar-refractivity contribution in [1.82, 2.24) is 4.90 Å². The molecule has 0 spiro atoms. The fourth-order valence-corrected chi connectivity index (χ4v) is 3.70. The molecule has 118 valence electrons. The van der Waals surface area contributed by atoms with Gasteiger partial charge in [0.05, 0.1) is 13.2 Å². The zero-order valence-corrected chi connectivity index (χ0v) is 13.3. The molecule has 1 N–H and O–H groups in total. The molecule has 1 aliphatic carbocycles. The van der Waals surface area contributed by atoms with Crippen molar-refractivity contribution in [3.8, 4) is 5.75 Å². The van der Waals surface area contributed by atoms with Gasteiger partial charge < -0.3 is 14.7 Å². The van der Waals surface area contributed by atoms with Gasteiger partial charge in [-0.1, -0.05) is 6.07 Å². The predicted octanol–water partition coefficient (Wildman–Crippen LogP) is 2.61. The summed E-state index contributed by atoms with van der Waals surface area (Å²) < 4.78 is 5.32. The van der Waals surface area contributed by atoms with E-state index in [9.17, 15) is 9.90 Å². The molecule has 1 aromatic rings. The number of hydrogen-bond acceptors (Lipinski definition) is 4. The van der Waals surface area contributed by atoms with Crippen LogP contribution in [0.25, 0.3) is 0 Å². The molecular formula is C18H23NO3. The van der Waals surface area contributed by atoms with Crippen molar-refractivity contribution in [2.24, 2.45) is 0 Å². The number of aliphatic hydroxyl groups excluding tert-OH is 1. The first kappa shape index (κ1) is 15.1. The lowest BCUT2D eigenvalue weighted by molar-refractivity contribution is -0.114. The summed E-state index contributed by atoms with van der Waals surface area (Å²) in [5.74, 6) is 1.14. The van der Waals surface area contributed by atoms with Crippen LogP contribution in [0.1, 0.15) is 43.4 Å². The van der Waals surface area contributed by atoms with Gasteiger partial charge in [-0.05, 0) is 49.4 Å². The second kappa shape index (κ2) is 6.13. The lowest BCUT2D eigenvalue weighted by Gasteiger charge is -2.40. The van der Waals surface area contributed by atoms with Crippen LogP contribution < -0.4 is 4.74 Å². The standard InChI is InChI=1S/C18H23NO3/c1-12-16(5-6-18(12)21)19-9-7-13-11-14(22-2)3-4-15(13)17(19)8-10-20/h3-4,11,17,20H,5-10H2,1-2H3/t17-/m0/s1. The molecule has 0 saturated heterocycles. The molecule has 0 radical (unpaired) electrons. The third-order valence-corrected chi connectivity index (χ3v) is 4.90. The number of fused-ring (bicyclic) bond motifs is 1. The Morgan fingerprint density at radius 2 is 2.14 bits per heavy atom. The van der Waals surface area contributed by atoms with Crippen LogP contribution in [0.4, 0.5) is 0 Å². The SMILES string of the molecule is COc1ccc2c(c1)CCN(C1=C(C)C(=O)CC1)[C@H]2CCO. The zero-order valence-electron chi connectivity index (χ0n) is 13.3. The van der Waals surface area contributed by atoms with Crippen molar-refractivity contribution in [2.45, 2.75) is 38.6 Å². The van der Waals surface area contributed by atoms with E-state index in [-0.39, 0.29) is 18.4 Å². The molecule has 1 heterocycles. The van der Waals surface area contributed by atoms with Gasteiger partial charge in [0.1, 0.15) is 5.75 Å². The quantitative estimate of drug-likeness (QED) is 0.929. The molecule has 0 aromatic heterocycles. The molecule has 0 saturated carbocycles. The molecule has 3 rings (SSSR count). The highest BCUT2D eigenvalue weighted by molar-refractivity contribution is 5.98. The fourth-order valence-electron chi connectivity index (χ4n) is 3.70. The first-order valence-electron chi connectivity index (χ1n) is 7.93. The average Bonchev–Trinajstić information content (AvgIpc) is 2.87. The number of allylic oxidation sites excluding steroid dienone is 2. The Bertz CT molecular complexity index is 621. The molecule has 1 atom stereocenters. The molecule has 22 heavy (non-hydrogen) atoms. The highest BCUT2D eigenvalue weighted by Crippen LogP contribution is 2.39. The molecule has 0 bridgehead atoms. The van der Waals surface area contributed by atoms with Crippen LogP contribution in [0.3, 0.4) is 0 Å². The number of benzene rings is 1. The normalized spacial score (nSPS) is 21.3. The maximum absolute atomic E-state index is 11.9. The van der Waals surface area contributed by atoms with Gasteiger partial charge in [-0.15, -0.1) is 0 Å². The van der Waals surface area contributed by atoms with Crippen molar-refractivity contribution in [3.05, 3.63) is 40.6 Å². The maximum atomic E-state index is 11.9. The van der Waals surface area contributed by atoms with E-state index in [1.807, 2.05) is 13.0 Å². The molecule has 2 aliphatic rings. The van der Waals surface area contributed by atoms with Crippen molar-refractivity contribution in [2.75, 3.05) is 20.3 Å². The van der Waals surface area contributed by atoms with Crippen LogP contribution in [0.15, 0.2) is 29.5 Å². The van der Waals surface area contributed by atoms with Crippen molar-refractivity contribution in [1.29, 1.82) is 0 Å². The number of nitrogens with zero attached hydrogens (tertiary/aromatic N) is 1. The molecule has 1 aromatic carbocycles. The first-order chi connectivity index (χ1) is 10.7. The largest absolute Gasteiger partial charge is 0.497 e. The summed E-state index contributed by atoms with van der Waals surface area (Å²) in [5.41, 5.74) is 4.61. The van der Waals surface area contributed by atoms with Gasteiger partial charge in [0.15, 0.2) is 5.78 Å². The fraction of sp³-hybridized carbons (Fsp3) is 0.500. The Hall–Kier alpha value is -1.81. The Kier molecular flexibility index (Phi) is 4.21. The van der Waals surface area contributed by atoms with Crippen molar-refractivity contribution in [3.63, 3.8) is 0 Å². The molecular weight excluding hydrogens is 278 g/mol. The van der Waals surface area contributed by atoms with Crippen molar-refractivity contribution >= 4 is 5.78 Å². The van der Waals surface area contributed by atoms with Gasteiger partial charge in [0, 0.05) is 30.8 Å². The number of carbonyl (C=O) groups excluding carboxylic acids is 1. The number of ether oxygens (including phenoxy) is 1. The second-order valence-electron chi connectivity index (χ2n) is 6.03. The third kappa shape index (κ3) is 2.52. The summed E-state index contributed by atoms with van der Waals surface area (Å²) in [6, 6.07) is 6.33. The molecule has 0 unspecified atom stereocenters. The van der Waals surface area contributed by atoms with Gasteiger partial charge in [-0.25, -0.2) is 0 Å². The molecule has 4 nitrogen and oxygen atoms in total. The van der Waals surface area contributed by atoms with Crippen LogP contribution in [-0.4, -0.2) is 36.1 Å². The van der Waals surface area contributed by atoms with E-state index >= 15 is 0 Å². The van der Waals surface area contributed by atoms with Crippen LogP contribution in [0, 0.1) is 0 Å². The number of methoxy groups -OCH3 is 1. The number of hydrogen-bond donors (Lipinski definition) is 1. The van der Waals surface area contributed by atoms with E-state index in [1.165, 1.54) is 16.8 Å². The summed E-state index contributed by atoms with van der Waals surface area (Å²) in [4.78, 5) is 14.2. The van der Waals surface area contributed by atoms with E-state index in [0.29, 0.717) is 12.8 Å². The van der Waals surface area contributed by atoms with Crippen LogP contribution in [0.2, 0.25) is 0 Å². The minimum Gasteiger partial charge on any atom is -0.497 e. The molecule has 0 fully saturated rings. The van der Waals surface area contributed by atoms with E-state index in [1.54, 1.807) is 7.11 Å². The minimum absolute atomic E-state index is 0.146. The lowest BCUT2D eigenvalue weighted by Crippen LogP contribution is -2.35. The van der Waals surface area contributed by atoms with Gasteiger partial charge in [-0.2, -0.15) is 0 Å². The Labute approximate surface area is 131 Å². The van der Waals surface area contributed by atoms with E-state index < -0.39 is 0 Å². The summed E-state index contributed by atoms with van der Waals surface area (Å²) in [7, 11) is 1.68. The Balaban J connectivity index is 1.98.